The van der Waals surface area contributed by atoms with Gasteiger partial charge in [-0.25, -0.2) is 13.8 Å². The van der Waals surface area contributed by atoms with Crippen molar-refractivity contribution >= 4 is 17.5 Å². The Morgan fingerprint density at radius 1 is 1.16 bits per heavy atom. The van der Waals surface area contributed by atoms with Crippen molar-refractivity contribution in [2.45, 2.75) is 46.1 Å². The van der Waals surface area contributed by atoms with Crippen LogP contribution in [0.25, 0.3) is 5.65 Å². The summed E-state index contributed by atoms with van der Waals surface area (Å²) in [6.45, 7) is 3.13. The maximum atomic E-state index is 14.0. The number of hydrazine groups is 1. The van der Waals surface area contributed by atoms with Crippen molar-refractivity contribution in [2.75, 3.05) is 0 Å². The number of amides is 2. The van der Waals surface area contributed by atoms with Crippen LogP contribution in [-0.2, 0) is 11.4 Å². The molecule has 1 aromatic carbocycles. The second-order valence-electron chi connectivity index (χ2n) is 8.03. The van der Waals surface area contributed by atoms with Gasteiger partial charge >= 0.3 is 0 Å². The van der Waals surface area contributed by atoms with Gasteiger partial charge in [-0.1, -0.05) is 18.9 Å². The summed E-state index contributed by atoms with van der Waals surface area (Å²) in [5.41, 5.74) is 6.51. The molecular formula is C23H24F2N4O3. The van der Waals surface area contributed by atoms with Crippen LogP contribution in [0.1, 0.15) is 53.0 Å². The highest BCUT2D eigenvalue weighted by atomic mass is 19.1. The Kier molecular flexibility index (Phi) is 6.07. The molecule has 9 heteroatoms. The van der Waals surface area contributed by atoms with Crippen LogP contribution in [-0.4, -0.2) is 21.2 Å². The van der Waals surface area contributed by atoms with E-state index < -0.39 is 17.5 Å². The molecule has 0 saturated heterocycles. The number of pyridine rings is 1. The molecule has 168 valence electrons. The molecule has 0 bridgehead atoms. The molecule has 1 fully saturated rings. The molecule has 2 heterocycles. The van der Waals surface area contributed by atoms with Crippen LogP contribution in [0.5, 0.6) is 5.75 Å². The largest absolute Gasteiger partial charge is 0.485 e. The molecule has 32 heavy (non-hydrogen) atoms. The number of rotatable bonds is 5. The minimum atomic E-state index is -0.703. The Morgan fingerprint density at radius 2 is 1.84 bits per heavy atom. The monoisotopic (exact) mass is 442 g/mol. The van der Waals surface area contributed by atoms with Crippen LogP contribution >= 0.6 is 0 Å². The molecular weight excluding hydrogens is 418 g/mol. The predicted molar refractivity (Wildman–Crippen MR) is 113 cm³/mol. The summed E-state index contributed by atoms with van der Waals surface area (Å²) in [5, 5.41) is 0. The summed E-state index contributed by atoms with van der Waals surface area (Å²) in [4.78, 5) is 29.5. The summed E-state index contributed by atoms with van der Waals surface area (Å²) in [6, 6.07) is 5.29. The zero-order chi connectivity index (χ0) is 22.8. The molecule has 0 unspecified atom stereocenters. The number of aryl methyl sites for hydroxylation is 2. The van der Waals surface area contributed by atoms with Gasteiger partial charge < -0.3 is 4.74 Å². The van der Waals surface area contributed by atoms with Crippen LogP contribution < -0.4 is 15.6 Å². The van der Waals surface area contributed by atoms with Gasteiger partial charge in [0, 0.05) is 12.1 Å². The first-order valence-electron chi connectivity index (χ1n) is 10.5. The topological polar surface area (TPSA) is 84.7 Å². The van der Waals surface area contributed by atoms with E-state index in [1.807, 2.05) is 0 Å². The summed E-state index contributed by atoms with van der Waals surface area (Å²) in [5.74, 6) is -1.92. The SMILES string of the molecule is Cc1cc(OCc2c(F)cccc2F)c2nc(C)c(C(=O)NNC(=O)C3CCCC3)n2c1. The van der Waals surface area contributed by atoms with Crippen molar-refractivity contribution in [3.05, 3.63) is 64.6 Å². The third-order valence-corrected chi connectivity index (χ3v) is 5.67. The van der Waals surface area contributed by atoms with Crippen LogP contribution in [0.15, 0.2) is 30.5 Å². The Labute approximate surface area is 183 Å². The van der Waals surface area contributed by atoms with Gasteiger partial charge in [0.1, 0.15) is 23.9 Å². The number of benzene rings is 1. The maximum absolute atomic E-state index is 14.0. The lowest BCUT2D eigenvalue weighted by molar-refractivity contribution is -0.125. The van der Waals surface area contributed by atoms with Crippen molar-refractivity contribution in [1.29, 1.82) is 0 Å². The smallest absolute Gasteiger partial charge is 0.288 e. The molecule has 0 radical (unpaired) electrons. The third kappa shape index (κ3) is 4.28. The number of nitrogens with zero attached hydrogens (tertiary/aromatic N) is 2. The van der Waals surface area contributed by atoms with Gasteiger partial charge in [-0.15, -0.1) is 0 Å². The fourth-order valence-corrected chi connectivity index (χ4v) is 4.03. The number of carbonyl (C=O) groups excluding carboxylic acids is 2. The molecule has 3 aromatic rings. The molecule has 2 aromatic heterocycles. The maximum Gasteiger partial charge on any atom is 0.288 e. The molecule has 1 saturated carbocycles. The van der Waals surface area contributed by atoms with E-state index in [9.17, 15) is 18.4 Å². The van der Waals surface area contributed by atoms with E-state index in [1.165, 1.54) is 6.07 Å². The third-order valence-electron chi connectivity index (χ3n) is 5.67. The number of carbonyl (C=O) groups is 2. The number of fused-ring (bicyclic) bond motifs is 1. The quantitative estimate of drug-likeness (QED) is 0.590. The Morgan fingerprint density at radius 3 is 2.53 bits per heavy atom. The molecule has 2 N–H and O–H groups in total. The number of ether oxygens (including phenoxy) is 1. The first-order valence-corrected chi connectivity index (χ1v) is 10.5. The molecule has 0 atom stereocenters. The number of nitrogens with one attached hydrogen (secondary N) is 2. The van der Waals surface area contributed by atoms with Crippen molar-refractivity contribution in [1.82, 2.24) is 20.2 Å². The first kappa shape index (κ1) is 21.7. The molecule has 0 spiro atoms. The van der Waals surface area contributed by atoms with E-state index in [1.54, 1.807) is 30.5 Å². The van der Waals surface area contributed by atoms with Crippen LogP contribution in [0.4, 0.5) is 8.78 Å². The van der Waals surface area contributed by atoms with Crippen LogP contribution in [0.2, 0.25) is 0 Å². The average molecular weight is 442 g/mol. The summed E-state index contributed by atoms with van der Waals surface area (Å²) in [6.07, 6.45) is 5.37. The number of hydrogen-bond donors (Lipinski definition) is 2. The Hall–Kier alpha value is -3.49. The van der Waals surface area contributed by atoms with Crippen molar-refractivity contribution < 1.29 is 23.1 Å². The molecule has 1 aliphatic rings. The molecule has 7 nitrogen and oxygen atoms in total. The Bertz CT molecular complexity index is 1170. The highest BCUT2D eigenvalue weighted by Crippen LogP contribution is 2.26. The summed E-state index contributed by atoms with van der Waals surface area (Å²) >= 11 is 0. The second-order valence-corrected chi connectivity index (χ2v) is 8.03. The fourth-order valence-electron chi connectivity index (χ4n) is 4.03. The number of aromatic nitrogens is 2. The molecule has 1 aliphatic carbocycles. The lowest BCUT2D eigenvalue weighted by atomic mass is 10.1. The highest BCUT2D eigenvalue weighted by molar-refractivity contribution is 5.96. The standard InChI is InChI=1S/C23H24F2N4O3/c1-13-10-19(32-12-16-17(24)8-5-9-18(16)25)21-26-14(2)20(29(21)11-13)23(31)28-27-22(30)15-6-3-4-7-15/h5,8-11,15H,3-4,6-7,12H2,1-2H3,(H,27,30)(H,28,31). The predicted octanol–water partition coefficient (Wildman–Crippen LogP) is 3.76. The van der Waals surface area contributed by atoms with E-state index in [-0.39, 0.29) is 35.4 Å². The van der Waals surface area contributed by atoms with E-state index in [0.717, 1.165) is 43.4 Å². The Balaban J connectivity index is 1.57. The number of halogens is 2. The molecule has 2 amide bonds. The normalized spacial score (nSPS) is 14.0. The van der Waals surface area contributed by atoms with Gasteiger partial charge in [-0.3, -0.25) is 24.8 Å². The number of hydrogen-bond acceptors (Lipinski definition) is 4. The highest BCUT2D eigenvalue weighted by Gasteiger charge is 2.25. The van der Waals surface area contributed by atoms with Gasteiger partial charge in [0.05, 0.1) is 11.3 Å². The van der Waals surface area contributed by atoms with Crippen LogP contribution in [0.3, 0.4) is 0 Å². The first-order chi connectivity index (χ1) is 15.3. The van der Waals surface area contributed by atoms with Gasteiger partial charge in [0.2, 0.25) is 5.91 Å². The van der Waals surface area contributed by atoms with E-state index in [0.29, 0.717) is 11.3 Å². The minimum Gasteiger partial charge on any atom is -0.485 e. The van der Waals surface area contributed by atoms with Gasteiger partial charge in [0.15, 0.2) is 11.4 Å². The zero-order valence-electron chi connectivity index (χ0n) is 17.9. The fraction of sp³-hybridized carbons (Fsp3) is 0.348. The van der Waals surface area contributed by atoms with Gasteiger partial charge in [-0.2, -0.15) is 0 Å². The minimum absolute atomic E-state index is 0.0837. The molecule has 0 aliphatic heterocycles. The van der Waals surface area contributed by atoms with E-state index in [4.69, 9.17) is 4.74 Å². The average Bonchev–Trinajstić information content (AvgIpc) is 3.39. The van der Waals surface area contributed by atoms with E-state index in [2.05, 4.69) is 15.8 Å². The van der Waals surface area contributed by atoms with Crippen molar-refractivity contribution in [3.63, 3.8) is 0 Å². The van der Waals surface area contributed by atoms with Crippen LogP contribution in [0, 0.1) is 31.4 Å². The van der Waals surface area contributed by atoms with Gasteiger partial charge in [-0.05, 0) is 50.5 Å². The molecule has 4 rings (SSSR count). The van der Waals surface area contributed by atoms with E-state index >= 15 is 0 Å². The number of imidazole rings is 1. The van der Waals surface area contributed by atoms with Gasteiger partial charge in [0.25, 0.3) is 5.91 Å². The van der Waals surface area contributed by atoms with Crippen molar-refractivity contribution in [2.24, 2.45) is 5.92 Å². The summed E-state index contributed by atoms with van der Waals surface area (Å²) < 4.78 is 35.2. The summed E-state index contributed by atoms with van der Waals surface area (Å²) in [7, 11) is 0. The lowest BCUT2D eigenvalue weighted by Gasteiger charge is -2.13. The zero-order valence-corrected chi connectivity index (χ0v) is 17.9. The second kappa shape index (κ2) is 8.94. The lowest BCUT2D eigenvalue weighted by Crippen LogP contribution is -2.44. The van der Waals surface area contributed by atoms with Crippen molar-refractivity contribution in [3.8, 4) is 5.75 Å².